The molecule has 26 heavy (non-hydrogen) atoms. The summed E-state index contributed by atoms with van der Waals surface area (Å²) in [6.45, 7) is 12.9. The largest absolute Gasteiger partial charge is 0.378 e. The minimum atomic E-state index is -3.13. The summed E-state index contributed by atoms with van der Waals surface area (Å²) in [5, 5.41) is 6.52. The van der Waals surface area contributed by atoms with Crippen molar-refractivity contribution in [3.63, 3.8) is 0 Å². The Bertz CT molecular complexity index is 557. The molecule has 0 saturated heterocycles. The number of rotatable bonds is 8. The van der Waals surface area contributed by atoms with Gasteiger partial charge in [0.15, 0.2) is 15.8 Å². The third-order valence-corrected chi connectivity index (χ3v) is 7.73. The third-order valence-electron chi connectivity index (χ3n) is 5.13. The molecule has 1 fully saturated rings. The summed E-state index contributed by atoms with van der Waals surface area (Å²) in [5.41, 5.74) is 0.0306. The number of hydrogen-bond donors (Lipinski definition) is 2. The van der Waals surface area contributed by atoms with Gasteiger partial charge in [-0.3, -0.25) is 4.99 Å². The number of aliphatic imine (C=N–C) groups is 1. The van der Waals surface area contributed by atoms with Gasteiger partial charge < -0.3 is 15.4 Å². The van der Waals surface area contributed by atoms with E-state index in [0.29, 0.717) is 12.5 Å². The van der Waals surface area contributed by atoms with Gasteiger partial charge in [0.05, 0.1) is 16.6 Å². The average Bonchev–Trinajstić information content (AvgIpc) is 2.50. The number of ether oxygens (including phenoxy) is 1. The summed E-state index contributed by atoms with van der Waals surface area (Å²) in [6.07, 6.45) is 3.44. The standard InChI is InChI=1S/C18H37N3O3S.HI/c1-8-9-11-24-15-13-14(18(15,5)6)21-16(19-7)20-10-12-25(22,23)17(2,3)4;/h14-15H,8-13H2,1-7H3,(H2,19,20,21);1H. The van der Waals surface area contributed by atoms with Gasteiger partial charge in [0.25, 0.3) is 0 Å². The van der Waals surface area contributed by atoms with E-state index in [1.165, 1.54) is 0 Å². The molecule has 1 aliphatic rings. The van der Waals surface area contributed by atoms with Gasteiger partial charge in [-0.25, -0.2) is 8.42 Å². The lowest BCUT2D eigenvalue weighted by Crippen LogP contribution is -2.63. The Balaban J connectivity index is 0.00000625. The maximum Gasteiger partial charge on any atom is 0.191 e. The first-order chi connectivity index (χ1) is 11.5. The van der Waals surface area contributed by atoms with Crippen LogP contribution in [-0.4, -0.2) is 57.2 Å². The first-order valence-electron chi connectivity index (χ1n) is 9.26. The Labute approximate surface area is 177 Å². The zero-order chi connectivity index (χ0) is 19.3. The van der Waals surface area contributed by atoms with Crippen LogP contribution in [-0.2, 0) is 14.6 Å². The Morgan fingerprint density at radius 3 is 2.38 bits per heavy atom. The number of guanidine groups is 1. The lowest BCUT2D eigenvalue weighted by molar-refractivity contribution is -0.113. The highest BCUT2D eigenvalue weighted by molar-refractivity contribution is 14.0. The quantitative estimate of drug-likeness (QED) is 0.231. The van der Waals surface area contributed by atoms with Crippen molar-refractivity contribution in [2.45, 2.75) is 77.7 Å². The summed E-state index contributed by atoms with van der Waals surface area (Å²) < 4.78 is 29.6. The van der Waals surface area contributed by atoms with E-state index in [-0.39, 0.29) is 47.3 Å². The molecule has 0 spiro atoms. The maximum atomic E-state index is 12.2. The normalized spacial score (nSPS) is 23.0. The first kappa shape index (κ1) is 25.9. The predicted octanol–water partition coefficient (Wildman–Crippen LogP) is 2.97. The fourth-order valence-electron chi connectivity index (χ4n) is 2.75. The van der Waals surface area contributed by atoms with E-state index in [1.807, 2.05) is 0 Å². The molecule has 0 aliphatic heterocycles. The Kier molecular flexibility index (Phi) is 10.4. The van der Waals surface area contributed by atoms with Crippen molar-refractivity contribution in [3.8, 4) is 0 Å². The van der Waals surface area contributed by atoms with Crippen molar-refractivity contribution in [1.29, 1.82) is 0 Å². The summed E-state index contributed by atoms with van der Waals surface area (Å²) in [5.74, 6) is 0.739. The van der Waals surface area contributed by atoms with Crippen LogP contribution in [0.2, 0.25) is 0 Å². The van der Waals surface area contributed by atoms with Crippen LogP contribution in [0, 0.1) is 5.41 Å². The Hall–Kier alpha value is -0.0900. The maximum absolute atomic E-state index is 12.2. The van der Waals surface area contributed by atoms with E-state index in [0.717, 1.165) is 25.9 Å². The SMILES string of the molecule is CCCCOC1CC(NC(=NC)NCCS(=O)(=O)C(C)(C)C)C1(C)C.I. The molecule has 0 aromatic rings. The molecule has 8 heteroatoms. The van der Waals surface area contributed by atoms with Gasteiger partial charge in [-0.05, 0) is 33.6 Å². The third kappa shape index (κ3) is 6.82. The molecule has 0 aromatic carbocycles. The minimum absolute atomic E-state index is 0. The van der Waals surface area contributed by atoms with Crippen LogP contribution in [0.3, 0.4) is 0 Å². The second-order valence-electron chi connectivity index (χ2n) is 8.40. The molecule has 2 N–H and O–H groups in total. The van der Waals surface area contributed by atoms with Crippen LogP contribution in [0.5, 0.6) is 0 Å². The molecule has 2 atom stereocenters. The fourth-order valence-corrected chi connectivity index (χ4v) is 3.74. The highest BCUT2D eigenvalue weighted by atomic mass is 127. The van der Waals surface area contributed by atoms with Gasteiger partial charge >= 0.3 is 0 Å². The van der Waals surface area contributed by atoms with Crippen LogP contribution >= 0.6 is 24.0 Å². The molecule has 1 rings (SSSR count). The van der Waals surface area contributed by atoms with Crippen LogP contribution in [0.15, 0.2) is 4.99 Å². The molecule has 1 aliphatic carbocycles. The number of sulfone groups is 1. The molecular weight excluding hydrogens is 465 g/mol. The zero-order valence-corrected chi connectivity index (χ0v) is 20.5. The summed E-state index contributed by atoms with van der Waals surface area (Å²) >= 11 is 0. The van der Waals surface area contributed by atoms with Crippen molar-refractivity contribution < 1.29 is 13.2 Å². The highest BCUT2D eigenvalue weighted by Crippen LogP contribution is 2.42. The molecule has 0 aromatic heterocycles. The first-order valence-corrected chi connectivity index (χ1v) is 10.9. The van der Waals surface area contributed by atoms with Gasteiger partial charge in [0.1, 0.15) is 0 Å². The van der Waals surface area contributed by atoms with Crippen molar-refractivity contribution in [2.24, 2.45) is 10.4 Å². The highest BCUT2D eigenvalue weighted by Gasteiger charge is 2.49. The number of nitrogens with one attached hydrogen (secondary N) is 2. The number of hydrogen-bond acceptors (Lipinski definition) is 4. The summed E-state index contributed by atoms with van der Waals surface area (Å²) in [7, 11) is -1.43. The molecule has 1 saturated carbocycles. The summed E-state index contributed by atoms with van der Waals surface area (Å²) in [4.78, 5) is 4.22. The monoisotopic (exact) mass is 503 g/mol. The topological polar surface area (TPSA) is 79.8 Å². The Morgan fingerprint density at radius 2 is 1.92 bits per heavy atom. The minimum Gasteiger partial charge on any atom is -0.378 e. The van der Waals surface area contributed by atoms with E-state index >= 15 is 0 Å². The van der Waals surface area contributed by atoms with Crippen LogP contribution in [0.1, 0.15) is 60.8 Å². The van der Waals surface area contributed by atoms with Crippen LogP contribution in [0.4, 0.5) is 0 Å². The predicted molar refractivity (Wildman–Crippen MR) is 120 cm³/mol. The second kappa shape index (κ2) is 10.5. The van der Waals surface area contributed by atoms with Crippen molar-refractivity contribution in [1.82, 2.24) is 10.6 Å². The van der Waals surface area contributed by atoms with Crippen molar-refractivity contribution >= 4 is 39.8 Å². The number of halogens is 1. The molecule has 0 bridgehead atoms. The summed E-state index contributed by atoms with van der Waals surface area (Å²) in [6, 6.07) is 0.268. The van der Waals surface area contributed by atoms with Gasteiger partial charge in [-0.2, -0.15) is 0 Å². The van der Waals surface area contributed by atoms with Crippen LogP contribution in [0.25, 0.3) is 0 Å². The Morgan fingerprint density at radius 1 is 1.31 bits per heavy atom. The molecule has 0 radical (unpaired) electrons. The molecule has 156 valence electrons. The molecule has 0 amide bonds. The molecule has 0 heterocycles. The average molecular weight is 503 g/mol. The molecular formula is C18H38IN3O3S. The van der Waals surface area contributed by atoms with Crippen LogP contribution < -0.4 is 10.6 Å². The lowest BCUT2D eigenvalue weighted by Gasteiger charge is -2.52. The van der Waals surface area contributed by atoms with E-state index in [9.17, 15) is 8.42 Å². The molecule has 6 nitrogen and oxygen atoms in total. The van der Waals surface area contributed by atoms with E-state index in [2.05, 4.69) is 36.4 Å². The van der Waals surface area contributed by atoms with Gasteiger partial charge in [-0.1, -0.05) is 27.2 Å². The lowest BCUT2D eigenvalue weighted by atomic mass is 9.64. The van der Waals surface area contributed by atoms with Crippen molar-refractivity contribution in [2.75, 3.05) is 26.0 Å². The van der Waals surface area contributed by atoms with E-state index < -0.39 is 14.6 Å². The smallest absolute Gasteiger partial charge is 0.191 e. The van der Waals surface area contributed by atoms with Gasteiger partial charge in [0, 0.05) is 31.7 Å². The van der Waals surface area contributed by atoms with Gasteiger partial charge in [-0.15, -0.1) is 24.0 Å². The number of nitrogens with zero attached hydrogens (tertiary/aromatic N) is 1. The fraction of sp³-hybridized carbons (Fsp3) is 0.944. The number of unbranched alkanes of at least 4 members (excludes halogenated alkanes) is 1. The van der Waals surface area contributed by atoms with E-state index in [1.54, 1.807) is 27.8 Å². The zero-order valence-electron chi connectivity index (χ0n) is 17.4. The molecule has 2 unspecified atom stereocenters. The second-order valence-corrected chi connectivity index (χ2v) is 11.3. The van der Waals surface area contributed by atoms with Gasteiger partial charge in [0.2, 0.25) is 0 Å². The van der Waals surface area contributed by atoms with Crippen molar-refractivity contribution in [3.05, 3.63) is 0 Å². The van der Waals surface area contributed by atoms with E-state index in [4.69, 9.17) is 4.74 Å².